The largest absolute Gasteiger partial charge is 0.355 e. The van der Waals surface area contributed by atoms with Crippen molar-refractivity contribution < 1.29 is 9.00 Å². The van der Waals surface area contributed by atoms with E-state index in [0.29, 0.717) is 13.1 Å². The summed E-state index contributed by atoms with van der Waals surface area (Å²) < 4.78 is 11.0. The van der Waals surface area contributed by atoms with Gasteiger partial charge in [-0.2, -0.15) is 0 Å². The van der Waals surface area contributed by atoms with E-state index in [1.165, 1.54) is 0 Å². The van der Waals surface area contributed by atoms with E-state index in [2.05, 4.69) is 10.6 Å². The molecule has 4 nitrogen and oxygen atoms in total. The van der Waals surface area contributed by atoms with Crippen LogP contribution in [0.5, 0.6) is 0 Å². The van der Waals surface area contributed by atoms with Crippen molar-refractivity contribution in [1.29, 1.82) is 0 Å². The number of amides is 1. The highest BCUT2D eigenvalue weighted by Gasteiger charge is 2.06. The average Bonchev–Trinajstić information content (AvgIpc) is 2.14. The molecule has 0 aromatic rings. The number of hydrogen-bond acceptors (Lipinski definition) is 3. The molecule has 0 spiro atoms. The minimum Gasteiger partial charge on any atom is -0.355 e. The summed E-state index contributed by atoms with van der Waals surface area (Å²) in [6, 6.07) is 0. The van der Waals surface area contributed by atoms with Crippen LogP contribution in [0.4, 0.5) is 0 Å². The van der Waals surface area contributed by atoms with Gasteiger partial charge in [0.2, 0.25) is 5.91 Å². The third kappa shape index (κ3) is 7.03. The lowest BCUT2D eigenvalue weighted by Crippen LogP contribution is -2.35. The Bertz CT molecular complexity index is 197. The SMILES string of the molecule is CCNCC(=O)NCCC(C)S(C)=O. The standard InChI is InChI=1S/C9H20N2O2S/c1-4-10-7-9(12)11-6-5-8(2)14(3)13/h8,10H,4-7H2,1-3H3,(H,11,12). The van der Waals surface area contributed by atoms with Gasteiger partial charge in [0.15, 0.2) is 0 Å². The van der Waals surface area contributed by atoms with E-state index in [9.17, 15) is 9.00 Å². The minimum atomic E-state index is -0.797. The monoisotopic (exact) mass is 220 g/mol. The minimum absolute atomic E-state index is 0.000866. The predicted octanol–water partition coefficient (Wildman–Crippen LogP) is -0.131. The summed E-state index contributed by atoms with van der Waals surface area (Å²) in [5, 5.41) is 5.85. The first-order valence-electron chi connectivity index (χ1n) is 4.87. The smallest absolute Gasteiger partial charge is 0.233 e. The molecule has 5 heteroatoms. The number of likely N-dealkylation sites (N-methyl/N-ethyl adjacent to an activating group) is 1. The van der Waals surface area contributed by atoms with Crippen LogP contribution in [0.25, 0.3) is 0 Å². The van der Waals surface area contributed by atoms with E-state index < -0.39 is 10.8 Å². The summed E-state index contributed by atoms with van der Waals surface area (Å²) in [7, 11) is -0.797. The highest BCUT2D eigenvalue weighted by atomic mass is 32.2. The molecule has 0 aliphatic carbocycles. The Morgan fingerprint density at radius 2 is 2.14 bits per heavy atom. The number of carbonyl (C=O) groups excluding carboxylic acids is 1. The highest BCUT2D eigenvalue weighted by molar-refractivity contribution is 7.84. The van der Waals surface area contributed by atoms with Gasteiger partial charge in [-0.25, -0.2) is 0 Å². The van der Waals surface area contributed by atoms with Crippen LogP contribution in [0.1, 0.15) is 20.3 Å². The van der Waals surface area contributed by atoms with Crippen molar-refractivity contribution in [3.8, 4) is 0 Å². The van der Waals surface area contributed by atoms with Crippen molar-refractivity contribution >= 4 is 16.7 Å². The zero-order chi connectivity index (χ0) is 11.0. The molecule has 0 heterocycles. The molecule has 0 rings (SSSR count). The van der Waals surface area contributed by atoms with Gasteiger partial charge in [-0.15, -0.1) is 0 Å². The van der Waals surface area contributed by atoms with Crippen molar-refractivity contribution in [2.45, 2.75) is 25.5 Å². The van der Waals surface area contributed by atoms with Gasteiger partial charge >= 0.3 is 0 Å². The Balaban J connectivity index is 3.44. The molecule has 0 saturated heterocycles. The van der Waals surface area contributed by atoms with Crippen molar-refractivity contribution in [2.75, 3.05) is 25.9 Å². The van der Waals surface area contributed by atoms with Gasteiger partial charge in [0.1, 0.15) is 0 Å². The Kier molecular flexibility index (Phi) is 7.70. The van der Waals surface area contributed by atoms with Gasteiger partial charge in [0, 0.05) is 28.9 Å². The molecule has 0 bridgehead atoms. The van der Waals surface area contributed by atoms with Gasteiger partial charge in [0.05, 0.1) is 6.54 Å². The second-order valence-corrected chi connectivity index (χ2v) is 5.03. The molecule has 2 atom stereocenters. The molecule has 84 valence electrons. The van der Waals surface area contributed by atoms with Crippen LogP contribution in [-0.2, 0) is 15.6 Å². The lowest BCUT2D eigenvalue weighted by Gasteiger charge is -2.09. The van der Waals surface area contributed by atoms with E-state index in [-0.39, 0.29) is 11.2 Å². The van der Waals surface area contributed by atoms with Crippen molar-refractivity contribution in [3.63, 3.8) is 0 Å². The number of hydrogen-bond donors (Lipinski definition) is 2. The lowest BCUT2D eigenvalue weighted by atomic mass is 10.3. The molecule has 0 aromatic heterocycles. The molecular weight excluding hydrogens is 200 g/mol. The van der Waals surface area contributed by atoms with E-state index in [1.54, 1.807) is 6.26 Å². The van der Waals surface area contributed by atoms with Gasteiger partial charge in [-0.3, -0.25) is 9.00 Å². The van der Waals surface area contributed by atoms with Gasteiger partial charge in [0.25, 0.3) is 0 Å². The summed E-state index contributed by atoms with van der Waals surface area (Å²) >= 11 is 0. The normalized spacial score (nSPS) is 14.8. The molecule has 14 heavy (non-hydrogen) atoms. The quantitative estimate of drug-likeness (QED) is 0.628. The predicted molar refractivity (Wildman–Crippen MR) is 59.7 cm³/mol. The zero-order valence-electron chi connectivity index (χ0n) is 9.13. The van der Waals surface area contributed by atoms with Crippen LogP contribution in [0.2, 0.25) is 0 Å². The Morgan fingerprint density at radius 1 is 1.50 bits per heavy atom. The lowest BCUT2D eigenvalue weighted by molar-refractivity contribution is -0.120. The first kappa shape index (κ1) is 13.6. The fourth-order valence-corrected chi connectivity index (χ4v) is 1.33. The van der Waals surface area contributed by atoms with Gasteiger partial charge in [-0.1, -0.05) is 13.8 Å². The summed E-state index contributed by atoms with van der Waals surface area (Å²) in [5.41, 5.74) is 0. The molecule has 2 unspecified atom stereocenters. The van der Waals surface area contributed by atoms with Crippen molar-refractivity contribution in [2.24, 2.45) is 0 Å². The molecule has 0 radical (unpaired) electrons. The molecule has 0 aromatic carbocycles. The van der Waals surface area contributed by atoms with Crippen LogP contribution in [0.15, 0.2) is 0 Å². The van der Waals surface area contributed by atoms with Crippen LogP contribution in [0, 0.1) is 0 Å². The third-order valence-electron chi connectivity index (χ3n) is 1.98. The van der Waals surface area contributed by atoms with Crippen LogP contribution in [-0.4, -0.2) is 41.3 Å². The van der Waals surface area contributed by atoms with E-state index in [4.69, 9.17) is 0 Å². The highest BCUT2D eigenvalue weighted by Crippen LogP contribution is 1.96. The summed E-state index contributed by atoms with van der Waals surface area (Å²) in [5.74, 6) is 0.000866. The van der Waals surface area contributed by atoms with Gasteiger partial charge < -0.3 is 10.6 Å². The second-order valence-electron chi connectivity index (χ2n) is 3.23. The summed E-state index contributed by atoms with van der Waals surface area (Å²) in [6.07, 6.45) is 2.45. The maximum atomic E-state index is 11.1. The van der Waals surface area contributed by atoms with Crippen LogP contribution >= 0.6 is 0 Å². The van der Waals surface area contributed by atoms with Crippen LogP contribution < -0.4 is 10.6 Å². The number of rotatable bonds is 7. The van der Waals surface area contributed by atoms with Gasteiger partial charge in [-0.05, 0) is 13.0 Å². The Morgan fingerprint density at radius 3 is 2.64 bits per heavy atom. The molecule has 0 fully saturated rings. The number of nitrogens with one attached hydrogen (secondary N) is 2. The topological polar surface area (TPSA) is 58.2 Å². The molecule has 0 aliphatic rings. The summed E-state index contributed by atoms with van der Waals surface area (Å²) in [4.78, 5) is 11.1. The van der Waals surface area contributed by atoms with E-state index in [0.717, 1.165) is 13.0 Å². The van der Waals surface area contributed by atoms with Crippen LogP contribution in [0.3, 0.4) is 0 Å². The molecule has 0 aliphatic heterocycles. The Labute approximate surface area is 88.3 Å². The van der Waals surface area contributed by atoms with Crippen molar-refractivity contribution in [1.82, 2.24) is 10.6 Å². The average molecular weight is 220 g/mol. The zero-order valence-corrected chi connectivity index (χ0v) is 9.95. The number of carbonyl (C=O) groups is 1. The maximum Gasteiger partial charge on any atom is 0.233 e. The van der Waals surface area contributed by atoms with E-state index in [1.807, 2.05) is 13.8 Å². The molecule has 2 N–H and O–H groups in total. The molecule has 1 amide bonds. The molecule has 0 saturated carbocycles. The second kappa shape index (κ2) is 7.94. The Hall–Kier alpha value is -0.420. The first-order valence-corrected chi connectivity index (χ1v) is 6.49. The van der Waals surface area contributed by atoms with E-state index >= 15 is 0 Å². The summed E-state index contributed by atoms with van der Waals surface area (Å²) in [6.45, 7) is 5.63. The third-order valence-corrected chi connectivity index (χ3v) is 3.34. The fraction of sp³-hybridized carbons (Fsp3) is 0.889. The fourth-order valence-electron chi connectivity index (χ4n) is 0.882. The first-order chi connectivity index (χ1) is 6.57. The maximum absolute atomic E-state index is 11.1. The molecular formula is C9H20N2O2S. The van der Waals surface area contributed by atoms with Crippen molar-refractivity contribution in [3.05, 3.63) is 0 Å².